The van der Waals surface area contributed by atoms with Crippen LogP contribution in [0, 0.1) is 0 Å². The van der Waals surface area contributed by atoms with E-state index in [0.29, 0.717) is 0 Å². The molecule has 0 unspecified atom stereocenters. The van der Waals surface area contributed by atoms with Crippen molar-refractivity contribution in [3.8, 4) is 0 Å². The Kier molecular flexibility index (Phi) is 4.20. The Morgan fingerprint density at radius 2 is 1.77 bits per heavy atom. The predicted octanol–water partition coefficient (Wildman–Crippen LogP) is 2.04. The van der Waals surface area contributed by atoms with Gasteiger partial charge in [-0.05, 0) is 25.7 Å². The molecule has 78 valence electrons. The van der Waals surface area contributed by atoms with Gasteiger partial charge in [0.1, 0.15) is 0 Å². The number of hydrogen-bond acceptors (Lipinski definition) is 2. The van der Waals surface area contributed by atoms with Gasteiger partial charge in [0.15, 0.2) is 0 Å². The van der Waals surface area contributed by atoms with E-state index in [1.165, 1.54) is 25.7 Å². The molecule has 0 aromatic rings. The van der Waals surface area contributed by atoms with E-state index in [1.807, 2.05) is 0 Å². The minimum Gasteiger partial charge on any atom is -0.324 e. The van der Waals surface area contributed by atoms with Crippen LogP contribution in [0.15, 0.2) is 0 Å². The summed E-state index contributed by atoms with van der Waals surface area (Å²) in [7, 11) is 0. The lowest BCUT2D eigenvalue weighted by Gasteiger charge is -2.28. The van der Waals surface area contributed by atoms with Gasteiger partial charge in [0.2, 0.25) is 0 Å². The molecule has 2 heteroatoms. The van der Waals surface area contributed by atoms with Gasteiger partial charge in [-0.2, -0.15) is 0 Å². The normalized spacial score (nSPS) is 19.6. The van der Waals surface area contributed by atoms with Crippen LogP contribution in [-0.2, 0) is 0 Å². The van der Waals surface area contributed by atoms with E-state index < -0.39 is 0 Å². The number of nitrogens with one attached hydrogen (secondary N) is 1. The Balaban J connectivity index is 2.22. The molecule has 1 aliphatic rings. The minimum absolute atomic E-state index is 0.0303. The summed E-state index contributed by atoms with van der Waals surface area (Å²) in [6.45, 7) is 5.35. The summed E-state index contributed by atoms with van der Waals surface area (Å²) in [5.74, 6) is 0. The summed E-state index contributed by atoms with van der Waals surface area (Å²) in [4.78, 5) is 0. The number of hydrogen-bond donors (Lipinski definition) is 2. The van der Waals surface area contributed by atoms with E-state index in [0.717, 1.165) is 25.4 Å². The van der Waals surface area contributed by atoms with Gasteiger partial charge < -0.3 is 11.1 Å². The molecule has 1 fully saturated rings. The van der Waals surface area contributed by atoms with Crippen LogP contribution in [0.2, 0.25) is 0 Å². The van der Waals surface area contributed by atoms with Crippen LogP contribution in [0.25, 0.3) is 0 Å². The van der Waals surface area contributed by atoms with Crippen LogP contribution in [0.3, 0.4) is 0 Å². The minimum atomic E-state index is 0.0303. The van der Waals surface area contributed by atoms with Crippen molar-refractivity contribution in [1.82, 2.24) is 5.32 Å². The van der Waals surface area contributed by atoms with Crippen molar-refractivity contribution in [2.24, 2.45) is 5.73 Å². The van der Waals surface area contributed by atoms with E-state index in [4.69, 9.17) is 5.73 Å². The Labute approximate surface area is 82.3 Å². The van der Waals surface area contributed by atoms with Crippen LogP contribution in [0.5, 0.6) is 0 Å². The standard InChI is InChI=1S/C11H24N2/c1-3-11(12,4-2)9-13-10-7-5-6-8-10/h10,13H,3-9,12H2,1-2H3. The van der Waals surface area contributed by atoms with Gasteiger partial charge in [0.05, 0.1) is 0 Å². The Morgan fingerprint density at radius 3 is 2.23 bits per heavy atom. The second-order valence-electron chi connectivity index (χ2n) is 4.43. The largest absolute Gasteiger partial charge is 0.324 e. The van der Waals surface area contributed by atoms with Crippen LogP contribution < -0.4 is 11.1 Å². The Hall–Kier alpha value is -0.0800. The molecule has 0 aliphatic heterocycles. The highest BCUT2D eigenvalue weighted by atomic mass is 15.0. The third-order valence-corrected chi connectivity index (χ3v) is 3.51. The zero-order chi connectivity index (χ0) is 9.73. The van der Waals surface area contributed by atoms with E-state index >= 15 is 0 Å². The van der Waals surface area contributed by atoms with Crippen molar-refractivity contribution < 1.29 is 0 Å². The first-order chi connectivity index (χ1) is 6.20. The maximum absolute atomic E-state index is 6.21. The summed E-state index contributed by atoms with van der Waals surface area (Å²) < 4.78 is 0. The van der Waals surface area contributed by atoms with E-state index in [1.54, 1.807) is 0 Å². The van der Waals surface area contributed by atoms with Crippen LogP contribution in [-0.4, -0.2) is 18.1 Å². The first kappa shape index (κ1) is 11.0. The molecule has 3 N–H and O–H groups in total. The molecule has 2 nitrogen and oxygen atoms in total. The quantitative estimate of drug-likeness (QED) is 0.686. The van der Waals surface area contributed by atoms with Gasteiger partial charge in [0, 0.05) is 18.1 Å². The molecule has 0 spiro atoms. The molecule has 0 bridgehead atoms. The smallest absolute Gasteiger partial charge is 0.0275 e. The third kappa shape index (κ3) is 3.28. The van der Waals surface area contributed by atoms with Crippen molar-refractivity contribution in [2.45, 2.75) is 64.0 Å². The monoisotopic (exact) mass is 184 g/mol. The van der Waals surface area contributed by atoms with Crippen molar-refractivity contribution in [3.63, 3.8) is 0 Å². The fourth-order valence-electron chi connectivity index (χ4n) is 1.98. The molecular formula is C11H24N2. The molecule has 0 saturated heterocycles. The fourth-order valence-corrected chi connectivity index (χ4v) is 1.98. The summed E-state index contributed by atoms with van der Waals surface area (Å²) in [5.41, 5.74) is 6.24. The first-order valence-electron chi connectivity index (χ1n) is 5.72. The van der Waals surface area contributed by atoms with Gasteiger partial charge in [-0.15, -0.1) is 0 Å². The van der Waals surface area contributed by atoms with Crippen molar-refractivity contribution >= 4 is 0 Å². The molecule has 0 aromatic carbocycles. The molecule has 1 rings (SSSR count). The summed E-state index contributed by atoms with van der Waals surface area (Å²) in [5, 5.41) is 3.60. The van der Waals surface area contributed by atoms with Crippen molar-refractivity contribution in [2.75, 3.05) is 6.54 Å². The predicted molar refractivity (Wildman–Crippen MR) is 57.8 cm³/mol. The Morgan fingerprint density at radius 1 is 1.23 bits per heavy atom. The molecular weight excluding hydrogens is 160 g/mol. The zero-order valence-corrected chi connectivity index (χ0v) is 9.10. The number of nitrogens with two attached hydrogens (primary N) is 1. The third-order valence-electron chi connectivity index (χ3n) is 3.51. The van der Waals surface area contributed by atoms with Gasteiger partial charge in [0.25, 0.3) is 0 Å². The lowest BCUT2D eigenvalue weighted by Crippen LogP contribution is -2.49. The van der Waals surface area contributed by atoms with Crippen molar-refractivity contribution in [1.29, 1.82) is 0 Å². The van der Waals surface area contributed by atoms with Gasteiger partial charge in [-0.25, -0.2) is 0 Å². The second kappa shape index (κ2) is 4.97. The molecule has 0 heterocycles. The highest BCUT2D eigenvalue weighted by molar-refractivity contribution is 4.86. The van der Waals surface area contributed by atoms with E-state index in [9.17, 15) is 0 Å². The maximum Gasteiger partial charge on any atom is 0.0275 e. The highest BCUT2D eigenvalue weighted by Crippen LogP contribution is 2.19. The fraction of sp³-hybridized carbons (Fsp3) is 1.00. The molecule has 13 heavy (non-hydrogen) atoms. The lowest BCUT2D eigenvalue weighted by molar-refractivity contribution is 0.346. The number of rotatable bonds is 5. The van der Waals surface area contributed by atoms with Gasteiger partial charge in [-0.3, -0.25) is 0 Å². The van der Waals surface area contributed by atoms with E-state index in [2.05, 4.69) is 19.2 Å². The van der Waals surface area contributed by atoms with Gasteiger partial charge >= 0.3 is 0 Å². The van der Waals surface area contributed by atoms with Crippen LogP contribution in [0.1, 0.15) is 52.4 Å². The Bertz CT molecular complexity index is 135. The SMILES string of the molecule is CCC(N)(CC)CNC1CCCC1. The summed E-state index contributed by atoms with van der Waals surface area (Å²) in [6, 6.07) is 0.751. The zero-order valence-electron chi connectivity index (χ0n) is 9.10. The first-order valence-corrected chi connectivity index (χ1v) is 5.72. The highest BCUT2D eigenvalue weighted by Gasteiger charge is 2.22. The topological polar surface area (TPSA) is 38.0 Å². The molecule has 1 saturated carbocycles. The average molecular weight is 184 g/mol. The van der Waals surface area contributed by atoms with Crippen LogP contribution >= 0.6 is 0 Å². The maximum atomic E-state index is 6.21. The van der Waals surface area contributed by atoms with Gasteiger partial charge in [-0.1, -0.05) is 26.7 Å². The molecule has 0 atom stereocenters. The van der Waals surface area contributed by atoms with Crippen LogP contribution in [0.4, 0.5) is 0 Å². The van der Waals surface area contributed by atoms with Crippen molar-refractivity contribution in [3.05, 3.63) is 0 Å². The lowest BCUT2D eigenvalue weighted by atomic mass is 9.94. The molecule has 0 aromatic heterocycles. The van der Waals surface area contributed by atoms with E-state index in [-0.39, 0.29) is 5.54 Å². The average Bonchev–Trinajstić information content (AvgIpc) is 2.67. The second-order valence-corrected chi connectivity index (χ2v) is 4.43. The molecule has 1 aliphatic carbocycles. The molecule has 0 amide bonds. The summed E-state index contributed by atoms with van der Waals surface area (Å²) in [6.07, 6.45) is 7.64. The molecule has 0 radical (unpaired) electrons. The summed E-state index contributed by atoms with van der Waals surface area (Å²) >= 11 is 0.